The highest BCUT2D eigenvalue weighted by Crippen LogP contribution is 2.08. The number of methoxy groups -OCH3 is 1. The van der Waals surface area contributed by atoms with Gasteiger partial charge in [-0.25, -0.2) is 0 Å². The summed E-state index contributed by atoms with van der Waals surface area (Å²) in [5.41, 5.74) is 0. The molecule has 0 aromatic carbocycles. The molecule has 0 saturated heterocycles. The van der Waals surface area contributed by atoms with Crippen molar-refractivity contribution in [1.29, 1.82) is 0 Å². The standard InChI is InChI=1S/C19H32O3/c1-3-4-12-15-18(20)16-13-10-8-6-5-7-9-11-14-17-19(21)22-2/h8,10,13,16H,3-7,9,11-12,14-15,17H2,1-2H3/b10-8-,16-13-. The quantitative estimate of drug-likeness (QED) is 0.193. The summed E-state index contributed by atoms with van der Waals surface area (Å²) in [5.74, 6) is 0.114. The second-order valence-corrected chi connectivity index (χ2v) is 5.59. The molecule has 0 spiro atoms. The minimum absolute atomic E-state index is 0.112. The van der Waals surface area contributed by atoms with Gasteiger partial charge in [-0.05, 0) is 31.8 Å². The molecule has 0 heterocycles. The molecular weight excluding hydrogens is 276 g/mol. The van der Waals surface area contributed by atoms with E-state index in [2.05, 4.69) is 17.7 Å². The molecule has 0 aliphatic carbocycles. The lowest BCUT2D eigenvalue weighted by Crippen LogP contribution is -1.98. The average Bonchev–Trinajstić information content (AvgIpc) is 2.52. The van der Waals surface area contributed by atoms with E-state index in [1.54, 1.807) is 6.08 Å². The summed E-state index contributed by atoms with van der Waals surface area (Å²) >= 11 is 0. The Morgan fingerprint density at radius 3 is 2.27 bits per heavy atom. The average molecular weight is 308 g/mol. The molecule has 0 aromatic heterocycles. The fraction of sp³-hybridized carbons (Fsp3) is 0.684. The lowest BCUT2D eigenvalue weighted by atomic mass is 10.1. The molecule has 0 unspecified atom stereocenters. The Labute approximate surface area is 135 Å². The van der Waals surface area contributed by atoms with Gasteiger partial charge in [0.1, 0.15) is 0 Å². The molecule has 0 atom stereocenters. The van der Waals surface area contributed by atoms with E-state index in [-0.39, 0.29) is 11.8 Å². The molecule has 0 N–H and O–H groups in total. The van der Waals surface area contributed by atoms with E-state index in [9.17, 15) is 9.59 Å². The number of ketones is 1. The number of carbonyl (C=O) groups excluding carboxylic acids is 2. The van der Waals surface area contributed by atoms with Gasteiger partial charge in [0, 0.05) is 12.8 Å². The fourth-order valence-electron chi connectivity index (χ4n) is 2.13. The Morgan fingerprint density at radius 2 is 1.55 bits per heavy atom. The number of esters is 1. The molecule has 0 rings (SSSR count). The maximum Gasteiger partial charge on any atom is 0.305 e. The van der Waals surface area contributed by atoms with Crippen molar-refractivity contribution in [1.82, 2.24) is 0 Å². The monoisotopic (exact) mass is 308 g/mol. The van der Waals surface area contributed by atoms with Crippen LogP contribution in [0.1, 0.15) is 77.6 Å². The Morgan fingerprint density at radius 1 is 0.864 bits per heavy atom. The number of unbranched alkanes of at least 4 members (excludes halogenated alkanes) is 7. The predicted molar refractivity (Wildman–Crippen MR) is 91.8 cm³/mol. The van der Waals surface area contributed by atoms with Crippen LogP contribution < -0.4 is 0 Å². The Balaban J connectivity index is 3.40. The van der Waals surface area contributed by atoms with Crippen molar-refractivity contribution in [2.24, 2.45) is 0 Å². The van der Waals surface area contributed by atoms with Crippen LogP contribution in [-0.4, -0.2) is 18.9 Å². The highest BCUT2D eigenvalue weighted by molar-refractivity contribution is 5.89. The minimum atomic E-state index is -0.112. The molecule has 22 heavy (non-hydrogen) atoms. The second kappa shape index (κ2) is 16.0. The Hall–Kier alpha value is -1.38. The molecule has 3 heteroatoms. The molecule has 0 aliphatic heterocycles. The van der Waals surface area contributed by atoms with Crippen molar-refractivity contribution < 1.29 is 14.3 Å². The topological polar surface area (TPSA) is 43.4 Å². The lowest BCUT2D eigenvalue weighted by molar-refractivity contribution is -0.140. The number of hydrogen-bond donors (Lipinski definition) is 0. The molecular formula is C19H32O3. The van der Waals surface area contributed by atoms with E-state index < -0.39 is 0 Å². The highest BCUT2D eigenvalue weighted by atomic mass is 16.5. The molecule has 0 radical (unpaired) electrons. The molecule has 0 bridgehead atoms. The summed E-state index contributed by atoms with van der Waals surface area (Å²) in [4.78, 5) is 22.4. The van der Waals surface area contributed by atoms with Crippen LogP contribution in [0.3, 0.4) is 0 Å². The third-order valence-electron chi connectivity index (χ3n) is 3.54. The first kappa shape index (κ1) is 20.6. The van der Waals surface area contributed by atoms with Crippen LogP contribution in [0.15, 0.2) is 24.3 Å². The Bertz CT molecular complexity index is 343. The van der Waals surface area contributed by atoms with Gasteiger partial charge in [0.15, 0.2) is 5.78 Å². The number of carbonyl (C=O) groups is 2. The third kappa shape index (κ3) is 15.0. The van der Waals surface area contributed by atoms with Gasteiger partial charge in [0.25, 0.3) is 0 Å². The van der Waals surface area contributed by atoms with E-state index in [0.717, 1.165) is 51.4 Å². The first-order valence-electron chi connectivity index (χ1n) is 8.63. The number of hydrogen-bond acceptors (Lipinski definition) is 3. The first-order valence-corrected chi connectivity index (χ1v) is 8.63. The maximum atomic E-state index is 11.5. The van der Waals surface area contributed by atoms with Gasteiger partial charge < -0.3 is 4.74 Å². The molecule has 0 fully saturated rings. The molecule has 0 aromatic rings. The summed E-state index contributed by atoms with van der Waals surface area (Å²) < 4.78 is 4.60. The normalized spacial score (nSPS) is 11.4. The van der Waals surface area contributed by atoms with Crippen LogP contribution >= 0.6 is 0 Å². The van der Waals surface area contributed by atoms with Gasteiger partial charge >= 0.3 is 5.97 Å². The first-order chi connectivity index (χ1) is 10.7. The fourth-order valence-corrected chi connectivity index (χ4v) is 2.13. The Kier molecular flexibility index (Phi) is 15.0. The largest absolute Gasteiger partial charge is 0.469 e. The van der Waals surface area contributed by atoms with Crippen LogP contribution in [0.5, 0.6) is 0 Å². The van der Waals surface area contributed by atoms with Gasteiger partial charge in [0.05, 0.1) is 7.11 Å². The molecule has 0 amide bonds. The van der Waals surface area contributed by atoms with Crippen molar-refractivity contribution in [2.75, 3.05) is 7.11 Å². The molecule has 3 nitrogen and oxygen atoms in total. The van der Waals surface area contributed by atoms with E-state index >= 15 is 0 Å². The number of ether oxygens (including phenoxy) is 1. The maximum absolute atomic E-state index is 11.5. The highest BCUT2D eigenvalue weighted by Gasteiger charge is 1.98. The summed E-state index contributed by atoms with van der Waals surface area (Å²) in [6.07, 6.45) is 18.7. The van der Waals surface area contributed by atoms with Crippen molar-refractivity contribution >= 4 is 11.8 Å². The van der Waals surface area contributed by atoms with Gasteiger partial charge in [0.2, 0.25) is 0 Å². The number of rotatable bonds is 14. The van der Waals surface area contributed by atoms with Crippen LogP contribution in [0.2, 0.25) is 0 Å². The summed E-state index contributed by atoms with van der Waals surface area (Å²) in [5, 5.41) is 0. The van der Waals surface area contributed by atoms with Gasteiger partial charge in [-0.3, -0.25) is 9.59 Å². The van der Waals surface area contributed by atoms with Crippen molar-refractivity contribution in [3.63, 3.8) is 0 Å². The van der Waals surface area contributed by atoms with Crippen molar-refractivity contribution in [3.05, 3.63) is 24.3 Å². The zero-order valence-electron chi connectivity index (χ0n) is 14.3. The second-order valence-electron chi connectivity index (χ2n) is 5.59. The van der Waals surface area contributed by atoms with Crippen LogP contribution in [0.25, 0.3) is 0 Å². The molecule has 0 aliphatic rings. The number of allylic oxidation sites excluding steroid dienone is 4. The summed E-state index contributed by atoms with van der Waals surface area (Å²) in [7, 11) is 1.43. The third-order valence-corrected chi connectivity index (χ3v) is 3.54. The molecule has 126 valence electrons. The van der Waals surface area contributed by atoms with E-state index in [4.69, 9.17) is 0 Å². The van der Waals surface area contributed by atoms with Gasteiger partial charge in [-0.15, -0.1) is 0 Å². The van der Waals surface area contributed by atoms with Crippen molar-refractivity contribution in [2.45, 2.75) is 77.6 Å². The smallest absolute Gasteiger partial charge is 0.305 e. The van der Waals surface area contributed by atoms with Crippen LogP contribution in [0, 0.1) is 0 Å². The predicted octanol–water partition coefficient (Wildman–Crippen LogP) is 5.15. The zero-order valence-corrected chi connectivity index (χ0v) is 14.3. The zero-order chi connectivity index (χ0) is 16.5. The summed E-state index contributed by atoms with van der Waals surface area (Å²) in [6.45, 7) is 2.14. The van der Waals surface area contributed by atoms with Gasteiger partial charge in [-0.2, -0.15) is 0 Å². The van der Waals surface area contributed by atoms with E-state index in [0.29, 0.717) is 12.8 Å². The lowest BCUT2D eigenvalue weighted by Gasteiger charge is -1.99. The van der Waals surface area contributed by atoms with E-state index in [1.165, 1.54) is 13.5 Å². The molecule has 0 saturated carbocycles. The minimum Gasteiger partial charge on any atom is -0.469 e. The van der Waals surface area contributed by atoms with E-state index in [1.807, 2.05) is 12.2 Å². The van der Waals surface area contributed by atoms with Crippen LogP contribution in [0.4, 0.5) is 0 Å². The van der Waals surface area contributed by atoms with Gasteiger partial charge in [-0.1, -0.05) is 57.3 Å². The summed E-state index contributed by atoms with van der Waals surface area (Å²) in [6, 6.07) is 0. The SMILES string of the molecule is CCCCCC(=O)/C=C\C=C/CCCCCCCC(=O)OC. The van der Waals surface area contributed by atoms with Crippen molar-refractivity contribution in [3.8, 4) is 0 Å². The van der Waals surface area contributed by atoms with Crippen LogP contribution in [-0.2, 0) is 14.3 Å².